The van der Waals surface area contributed by atoms with Crippen molar-refractivity contribution in [3.8, 4) is 0 Å². The summed E-state index contributed by atoms with van der Waals surface area (Å²) in [6.07, 6.45) is -4.23. The van der Waals surface area contributed by atoms with E-state index in [1.54, 1.807) is 0 Å². The molecule has 1 aliphatic carbocycles. The van der Waals surface area contributed by atoms with Crippen molar-refractivity contribution in [1.82, 2.24) is 4.98 Å². The van der Waals surface area contributed by atoms with Crippen LogP contribution in [0.15, 0.2) is 36.5 Å². The summed E-state index contributed by atoms with van der Waals surface area (Å²) in [5, 5.41) is -0.494. The van der Waals surface area contributed by atoms with Crippen LogP contribution in [-0.4, -0.2) is 16.6 Å². The number of nitrogens with zero attached hydrogens (tertiary/aromatic N) is 1. The fourth-order valence-corrected chi connectivity index (χ4v) is 3.54. The first-order chi connectivity index (χ1) is 12.6. The van der Waals surface area contributed by atoms with Crippen molar-refractivity contribution >= 4 is 23.2 Å². The number of halogens is 5. The minimum atomic E-state index is -4.62. The van der Waals surface area contributed by atoms with Crippen LogP contribution in [0.4, 0.5) is 17.6 Å². The lowest BCUT2D eigenvalue weighted by Gasteiger charge is -2.29. The van der Waals surface area contributed by atoms with Crippen LogP contribution < -0.4 is 0 Å². The first kappa shape index (κ1) is 19.5. The van der Waals surface area contributed by atoms with E-state index in [-0.39, 0.29) is 48.3 Å². The molecule has 0 unspecified atom stereocenters. The molecule has 0 saturated heterocycles. The quantitative estimate of drug-likeness (QED) is 0.672. The highest BCUT2D eigenvalue weighted by Gasteiger charge is 2.46. The fraction of sp³-hybridized carbons (Fsp3) is 0.316. The van der Waals surface area contributed by atoms with Gasteiger partial charge in [0.25, 0.3) is 0 Å². The molecule has 27 heavy (non-hydrogen) atoms. The predicted octanol–water partition coefficient (Wildman–Crippen LogP) is 5.10. The number of Topliss-reactive ketones (excluding diaryl/α,β-unsaturated/α-hetero) is 2. The van der Waals surface area contributed by atoms with Crippen molar-refractivity contribution in [3.05, 3.63) is 63.9 Å². The van der Waals surface area contributed by atoms with Gasteiger partial charge in [-0.1, -0.05) is 29.8 Å². The fourth-order valence-electron chi connectivity index (χ4n) is 3.21. The van der Waals surface area contributed by atoms with E-state index < -0.39 is 28.2 Å². The van der Waals surface area contributed by atoms with Crippen LogP contribution >= 0.6 is 11.6 Å². The summed E-state index contributed by atoms with van der Waals surface area (Å²) in [4.78, 5) is 28.3. The average molecular weight is 400 g/mol. The second-order valence-corrected chi connectivity index (χ2v) is 6.70. The number of aromatic nitrogens is 1. The number of carbonyl (C=O) groups is 2. The summed E-state index contributed by atoms with van der Waals surface area (Å²) in [6.45, 7) is 0. The van der Waals surface area contributed by atoms with E-state index in [2.05, 4.69) is 4.98 Å². The lowest BCUT2D eigenvalue weighted by Crippen LogP contribution is -2.37. The van der Waals surface area contributed by atoms with Gasteiger partial charge in [0.05, 0.1) is 10.6 Å². The Kier molecular flexibility index (Phi) is 5.08. The maximum absolute atomic E-state index is 15.4. The minimum absolute atomic E-state index is 0.0725. The van der Waals surface area contributed by atoms with E-state index in [1.807, 2.05) is 0 Å². The summed E-state index contributed by atoms with van der Waals surface area (Å²) >= 11 is 5.82. The van der Waals surface area contributed by atoms with E-state index in [9.17, 15) is 22.8 Å². The van der Waals surface area contributed by atoms with Gasteiger partial charge in [-0.2, -0.15) is 13.2 Å². The van der Waals surface area contributed by atoms with Gasteiger partial charge in [0, 0.05) is 31.0 Å². The molecule has 0 aliphatic heterocycles. The Morgan fingerprint density at radius 2 is 1.96 bits per heavy atom. The van der Waals surface area contributed by atoms with E-state index in [0.717, 1.165) is 6.07 Å². The Hall–Kier alpha value is -2.28. The number of hydrogen-bond acceptors (Lipinski definition) is 3. The van der Waals surface area contributed by atoms with Gasteiger partial charge in [-0.05, 0) is 24.1 Å². The Morgan fingerprint density at radius 1 is 1.22 bits per heavy atom. The molecule has 2 aromatic rings. The van der Waals surface area contributed by atoms with Gasteiger partial charge in [0.1, 0.15) is 5.69 Å². The van der Waals surface area contributed by atoms with Crippen LogP contribution in [0, 0.1) is 0 Å². The zero-order valence-electron chi connectivity index (χ0n) is 13.9. The van der Waals surface area contributed by atoms with E-state index in [1.165, 1.54) is 30.5 Å². The summed E-state index contributed by atoms with van der Waals surface area (Å²) < 4.78 is 54.2. The number of pyridine rings is 1. The number of benzene rings is 1. The number of aryl methyl sites for hydroxylation is 1. The molecule has 0 spiro atoms. The van der Waals surface area contributed by atoms with Gasteiger partial charge in [0.2, 0.25) is 0 Å². The van der Waals surface area contributed by atoms with Crippen molar-refractivity contribution in [1.29, 1.82) is 0 Å². The van der Waals surface area contributed by atoms with Crippen molar-refractivity contribution in [3.63, 3.8) is 0 Å². The first-order valence-corrected chi connectivity index (χ1v) is 8.58. The number of fused-ring (bicyclic) bond motifs is 1. The van der Waals surface area contributed by atoms with Crippen molar-refractivity contribution in [2.75, 3.05) is 0 Å². The highest BCUT2D eigenvalue weighted by molar-refractivity contribution is 6.32. The molecule has 1 heterocycles. The topological polar surface area (TPSA) is 47.0 Å². The monoisotopic (exact) mass is 399 g/mol. The Labute approximate surface area is 157 Å². The number of ketones is 2. The second-order valence-electron chi connectivity index (χ2n) is 6.32. The molecule has 3 rings (SSSR count). The van der Waals surface area contributed by atoms with Crippen LogP contribution in [0.25, 0.3) is 0 Å². The average Bonchev–Trinajstić information content (AvgIpc) is 2.63. The van der Waals surface area contributed by atoms with Gasteiger partial charge >= 0.3 is 6.18 Å². The molecule has 3 nitrogen and oxygen atoms in total. The zero-order valence-corrected chi connectivity index (χ0v) is 14.7. The number of alkyl halides is 4. The molecule has 0 bridgehead atoms. The van der Waals surface area contributed by atoms with Gasteiger partial charge < -0.3 is 0 Å². The van der Waals surface area contributed by atoms with Crippen LogP contribution in [0.2, 0.25) is 5.02 Å². The SMILES string of the molecule is O=C1CC[C@](F)(C(=O)CCc2cccc(C(F)(F)F)c2Cl)c2cccnc21. The molecule has 0 radical (unpaired) electrons. The normalized spacial score (nSPS) is 19.7. The van der Waals surface area contributed by atoms with Crippen molar-refractivity contribution in [2.24, 2.45) is 0 Å². The molecule has 0 saturated carbocycles. The molecule has 1 atom stereocenters. The molecule has 0 N–H and O–H groups in total. The number of carbonyl (C=O) groups excluding carboxylic acids is 2. The van der Waals surface area contributed by atoms with Crippen LogP contribution in [0.3, 0.4) is 0 Å². The van der Waals surface area contributed by atoms with Crippen molar-refractivity contribution < 1.29 is 27.2 Å². The maximum Gasteiger partial charge on any atom is 0.417 e. The summed E-state index contributed by atoms with van der Waals surface area (Å²) in [5.74, 6) is -1.15. The zero-order chi connectivity index (χ0) is 19.8. The molecule has 142 valence electrons. The second kappa shape index (κ2) is 7.03. The van der Waals surface area contributed by atoms with Gasteiger partial charge in [-0.3, -0.25) is 14.6 Å². The van der Waals surface area contributed by atoms with E-state index in [0.29, 0.717) is 0 Å². The lowest BCUT2D eigenvalue weighted by atomic mass is 9.78. The van der Waals surface area contributed by atoms with Crippen molar-refractivity contribution in [2.45, 2.75) is 37.5 Å². The molecule has 0 fully saturated rings. The Bertz CT molecular complexity index is 913. The van der Waals surface area contributed by atoms with Gasteiger partial charge in [-0.25, -0.2) is 4.39 Å². The molecule has 1 aliphatic rings. The van der Waals surface area contributed by atoms with Crippen LogP contribution in [-0.2, 0) is 23.1 Å². The summed E-state index contributed by atoms with van der Waals surface area (Å²) in [5.41, 5.74) is -3.42. The van der Waals surface area contributed by atoms with Crippen LogP contribution in [0.1, 0.15) is 46.4 Å². The highest BCUT2D eigenvalue weighted by atomic mass is 35.5. The smallest absolute Gasteiger partial charge is 0.296 e. The molecular formula is C19H14ClF4NO2. The molecule has 1 aromatic heterocycles. The number of rotatable bonds is 4. The summed E-state index contributed by atoms with van der Waals surface area (Å²) in [7, 11) is 0. The Balaban J connectivity index is 1.83. The molecule has 1 aromatic carbocycles. The highest BCUT2D eigenvalue weighted by Crippen LogP contribution is 2.40. The lowest BCUT2D eigenvalue weighted by molar-refractivity contribution is -0.137. The van der Waals surface area contributed by atoms with E-state index >= 15 is 4.39 Å². The van der Waals surface area contributed by atoms with Gasteiger partial charge in [-0.15, -0.1) is 0 Å². The molecule has 0 amide bonds. The Morgan fingerprint density at radius 3 is 2.67 bits per heavy atom. The standard InChI is InChI=1S/C19H14ClF4NO2/c20-16-11(3-1-4-12(16)19(22,23)24)6-7-15(27)18(21)9-8-14(26)17-13(18)5-2-10-25-17/h1-5,10H,6-9H2/t18-/m1/s1. The third-order valence-electron chi connectivity index (χ3n) is 4.64. The van der Waals surface area contributed by atoms with Gasteiger partial charge in [0.15, 0.2) is 17.2 Å². The first-order valence-electron chi connectivity index (χ1n) is 8.20. The third kappa shape index (κ3) is 3.60. The largest absolute Gasteiger partial charge is 0.417 e. The molecule has 8 heteroatoms. The van der Waals surface area contributed by atoms with Crippen LogP contribution in [0.5, 0.6) is 0 Å². The number of hydrogen-bond donors (Lipinski definition) is 0. The molecular weight excluding hydrogens is 386 g/mol. The third-order valence-corrected chi connectivity index (χ3v) is 5.09. The maximum atomic E-state index is 15.4. The predicted molar refractivity (Wildman–Crippen MR) is 90.4 cm³/mol. The van der Waals surface area contributed by atoms with E-state index in [4.69, 9.17) is 11.6 Å². The minimum Gasteiger partial charge on any atom is -0.296 e. The summed E-state index contributed by atoms with van der Waals surface area (Å²) in [6, 6.07) is 6.18.